The maximum atomic E-state index is 11.4. The van der Waals surface area contributed by atoms with Gasteiger partial charge >= 0.3 is 0 Å². The third-order valence-corrected chi connectivity index (χ3v) is 4.14. The third-order valence-electron chi connectivity index (χ3n) is 2.83. The van der Waals surface area contributed by atoms with Crippen LogP contribution in [0.15, 0.2) is 24.5 Å². The average Bonchev–Trinajstić information content (AvgIpc) is 2.77. The lowest BCUT2D eigenvalue weighted by Gasteiger charge is -2.18. The summed E-state index contributed by atoms with van der Waals surface area (Å²) in [6, 6.07) is 3.85. The number of anilines is 2. The van der Waals surface area contributed by atoms with Crippen molar-refractivity contribution >= 4 is 27.9 Å². The summed E-state index contributed by atoms with van der Waals surface area (Å²) in [5.74, 6) is -0.0604. The maximum absolute atomic E-state index is 11.4. The van der Waals surface area contributed by atoms with Crippen molar-refractivity contribution in [1.82, 2.24) is 4.98 Å². The van der Waals surface area contributed by atoms with Gasteiger partial charge in [0.05, 0.1) is 7.11 Å². The van der Waals surface area contributed by atoms with Crippen LogP contribution in [0.4, 0.5) is 10.7 Å². The Bertz CT molecular complexity index is 612. The van der Waals surface area contributed by atoms with E-state index in [2.05, 4.69) is 4.98 Å². The van der Waals surface area contributed by atoms with Gasteiger partial charge in [-0.2, -0.15) is 0 Å². The Labute approximate surface area is 121 Å². The first-order valence-electron chi connectivity index (χ1n) is 5.90. The summed E-state index contributed by atoms with van der Waals surface area (Å²) < 4.78 is 5.29. The average molecular weight is 292 g/mol. The number of nitrogens with two attached hydrogens (primary N) is 2. The molecule has 0 fully saturated rings. The molecule has 0 aliphatic heterocycles. The first-order valence-corrected chi connectivity index (χ1v) is 6.72. The topological polar surface area (TPSA) is 94.5 Å². The van der Waals surface area contributed by atoms with Crippen LogP contribution in [-0.2, 0) is 6.54 Å². The van der Waals surface area contributed by atoms with Crippen LogP contribution in [0.2, 0.25) is 0 Å². The summed E-state index contributed by atoms with van der Waals surface area (Å²) in [6.07, 6.45) is 3.47. The molecule has 7 heteroatoms. The third kappa shape index (κ3) is 2.67. The molecule has 0 saturated carbocycles. The van der Waals surface area contributed by atoms with Crippen molar-refractivity contribution in [2.45, 2.75) is 6.54 Å². The molecule has 0 aliphatic carbocycles. The van der Waals surface area contributed by atoms with Gasteiger partial charge in [-0.05, 0) is 17.7 Å². The Kier molecular flexibility index (Phi) is 4.09. The van der Waals surface area contributed by atoms with E-state index in [1.807, 2.05) is 24.1 Å². The zero-order valence-electron chi connectivity index (χ0n) is 11.3. The van der Waals surface area contributed by atoms with Crippen LogP contribution >= 0.6 is 11.3 Å². The molecule has 6 nitrogen and oxygen atoms in total. The molecule has 2 rings (SSSR count). The number of primary amides is 1. The summed E-state index contributed by atoms with van der Waals surface area (Å²) in [7, 11) is 3.42. The van der Waals surface area contributed by atoms with Crippen LogP contribution in [0.25, 0.3) is 0 Å². The summed E-state index contributed by atoms with van der Waals surface area (Å²) in [6.45, 7) is 0.650. The molecular weight excluding hydrogens is 276 g/mol. The highest BCUT2D eigenvalue weighted by molar-refractivity contribution is 7.19. The smallest absolute Gasteiger partial charge is 0.261 e. The van der Waals surface area contributed by atoms with Gasteiger partial charge in [0.25, 0.3) is 5.91 Å². The van der Waals surface area contributed by atoms with Crippen LogP contribution in [0.3, 0.4) is 0 Å². The first kappa shape index (κ1) is 14.1. The van der Waals surface area contributed by atoms with E-state index in [1.54, 1.807) is 12.4 Å². The standard InChI is InChI=1S/C13H16N4O2S/c1-17(7-8-3-5-16-6-4-8)13-10(19-2)9(14)11(20-13)12(15)18/h3-6H,7,14H2,1-2H3,(H2,15,18). The number of hydrogen-bond acceptors (Lipinski definition) is 6. The number of hydrogen-bond donors (Lipinski definition) is 2. The summed E-state index contributed by atoms with van der Waals surface area (Å²) >= 11 is 1.23. The predicted molar refractivity (Wildman–Crippen MR) is 80.1 cm³/mol. The van der Waals surface area contributed by atoms with Gasteiger partial charge < -0.3 is 21.1 Å². The SMILES string of the molecule is COc1c(N(C)Cc2ccncc2)sc(C(N)=O)c1N. The van der Waals surface area contributed by atoms with Crippen molar-refractivity contribution in [3.05, 3.63) is 35.0 Å². The molecule has 1 amide bonds. The first-order chi connectivity index (χ1) is 9.54. The molecule has 20 heavy (non-hydrogen) atoms. The van der Waals surface area contributed by atoms with Crippen molar-refractivity contribution in [3.8, 4) is 5.75 Å². The molecule has 0 aromatic carbocycles. The lowest BCUT2D eigenvalue weighted by atomic mass is 10.2. The number of carbonyl (C=O) groups excluding carboxylic acids is 1. The number of carbonyl (C=O) groups is 1. The van der Waals surface area contributed by atoms with Gasteiger partial charge in [0.15, 0.2) is 5.75 Å². The molecule has 2 heterocycles. The highest BCUT2D eigenvalue weighted by Gasteiger charge is 2.22. The number of nitrogens with zero attached hydrogens (tertiary/aromatic N) is 2. The van der Waals surface area contributed by atoms with Gasteiger partial charge in [0, 0.05) is 26.0 Å². The fourth-order valence-electron chi connectivity index (χ4n) is 1.88. The number of aromatic nitrogens is 1. The van der Waals surface area contributed by atoms with Crippen molar-refractivity contribution < 1.29 is 9.53 Å². The number of methoxy groups -OCH3 is 1. The lowest BCUT2D eigenvalue weighted by molar-refractivity contribution is 0.100. The van der Waals surface area contributed by atoms with Gasteiger partial charge in [-0.1, -0.05) is 0 Å². The van der Waals surface area contributed by atoms with Crippen LogP contribution in [0.1, 0.15) is 15.2 Å². The van der Waals surface area contributed by atoms with E-state index >= 15 is 0 Å². The minimum atomic E-state index is -0.547. The van der Waals surface area contributed by atoms with Crippen LogP contribution in [0, 0.1) is 0 Å². The molecule has 4 N–H and O–H groups in total. The van der Waals surface area contributed by atoms with Gasteiger partial charge in [-0.15, -0.1) is 11.3 Å². The highest BCUT2D eigenvalue weighted by atomic mass is 32.1. The van der Waals surface area contributed by atoms with E-state index in [9.17, 15) is 4.79 Å². The molecule has 0 unspecified atom stereocenters. The fourth-order valence-corrected chi connectivity index (χ4v) is 2.88. The van der Waals surface area contributed by atoms with E-state index < -0.39 is 5.91 Å². The van der Waals surface area contributed by atoms with Crippen molar-refractivity contribution in [3.63, 3.8) is 0 Å². The number of amides is 1. The monoisotopic (exact) mass is 292 g/mol. The molecule has 0 saturated heterocycles. The van der Waals surface area contributed by atoms with Crippen LogP contribution < -0.4 is 21.1 Å². The van der Waals surface area contributed by atoms with E-state index in [0.29, 0.717) is 22.9 Å². The fraction of sp³-hybridized carbons (Fsp3) is 0.231. The molecule has 0 radical (unpaired) electrons. The minimum Gasteiger partial charge on any atom is -0.492 e. The van der Waals surface area contributed by atoms with Crippen LogP contribution in [0.5, 0.6) is 5.75 Å². The predicted octanol–water partition coefficient (Wildman–Crippen LogP) is 1.47. The minimum absolute atomic E-state index is 0.293. The molecule has 0 spiro atoms. The molecule has 106 valence electrons. The van der Waals surface area contributed by atoms with E-state index in [4.69, 9.17) is 16.2 Å². The summed E-state index contributed by atoms with van der Waals surface area (Å²) in [5, 5.41) is 0.774. The second-order valence-electron chi connectivity index (χ2n) is 4.26. The maximum Gasteiger partial charge on any atom is 0.261 e. The number of rotatable bonds is 5. The molecular formula is C13H16N4O2S. The molecule has 0 bridgehead atoms. The molecule has 0 aliphatic rings. The normalized spacial score (nSPS) is 10.3. The van der Waals surface area contributed by atoms with E-state index in [1.165, 1.54) is 18.4 Å². The van der Waals surface area contributed by atoms with E-state index in [-0.39, 0.29) is 0 Å². The van der Waals surface area contributed by atoms with Gasteiger partial charge in [0.1, 0.15) is 15.6 Å². The number of thiophene rings is 1. The van der Waals surface area contributed by atoms with Gasteiger partial charge in [0.2, 0.25) is 0 Å². The largest absolute Gasteiger partial charge is 0.492 e. The zero-order chi connectivity index (χ0) is 14.7. The Balaban J connectivity index is 2.32. The van der Waals surface area contributed by atoms with Gasteiger partial charge in [-0.25, -0.2) is 0 Å². The Morgan fingerprint density at radius 3 is 2.65 bits per heavy atom. The van der Waals surface area contributed by atoms with Crippen molar-refractivity contribution in [1.29, 1.82) is 0 Å². The highest BCUT2D eigenvalue weighted by Crippen LogP contribution is 2.44. The van der Waals surface area contributed by atoms with E-state index in [0.717, 1.165) is 10.6 Å². The van der Waals surface area contributed by atoms with Crippen molar-refractivity contribution in [2.75, 3.05) is 24.8 Å². The summed E-state index contributed by atoms with van der Waals surface area (Å²) in [5.41, 5.74) is 12.6. The quantitative estimate of drug-likeness (QED) is 0.870. The Hall–Kier alpha value is -2.28. The molecule has 2 aromatic rings. The Morgan fingerprint density at radius 1 is 1.45 bits per heavy atom. The number of nitrogen functional groups attached to an aromatic ring is 1. The second-order valence-corrected chi connectivity index (χ2v) is 5.26. The summed E-state index contributed by atoms with van der Waals surface area (Å²) in [4.78, 5) is 17.6. The number of pyridine rings is 1. The number of ether oxygens (including phenoxy) is 1. The second kappa shape index (κ2) is 5.79. The van der Waals surface area contributed by atoms with Crippen LogP contribution in [-0.4, -0.2) is 25.0 Å². The zero-order valence-corrected chi connectivity index (χ0v) is 12.1. The lowest BCUT2D eigenvalue weighted by Crippen LogP contribution is -2.15. The molecule has 0 atom stereocenters. The van der Waals surface area contributed by atoms with Crippen molar-refractivity contribution in [2.24, 2.45) is 5.73 Å². The molecule has 2 aromatic heterocycles. The Morgan fingerprint density at radius 2 is 2.10 bits per heavy atom. The van der Waals surface area contributed by atoms with Gasteiger partial charge in [-0.3, -0.25) is 9.78 Å².